The third-order valence-electron chi connectivity index (χ3n) is 5.10. The van der Waals surface area contributed by atoms with Crippen LogP contribution in [0.25, 0.3) is 6.08 Å². The number of nitriles is 1. The minimum atomic E-state index is -0.543. The summed E-state index contributed by atoms with van der Waals surface area (Å²) in [6, 6.07) is 21.5. The predicted octanol–water partition coefficient (Wildman–Crippen LogP) is 5.21. The van der Waals surface area contributed by atoms with Crippen LogP contribution in [0.2, 0.25) is 0 Å². The maximum Gasteiger partial charge on any atom is 0.337 e. The van der Waals surface area contributed by atoms with E-state index in [1.165, 1.54) is 36.4 Å². The SMILES string of the molecule is COC(=O)c1ccc(NC(=O)/C(C#N)=C/c2ccc(OCc3ccc(C)c(C)c3)cc2)cc1. The van der Waals surface area contributed by atoms with E-state index in [-0.39, 0.29) is 5.57 Å². The summed E-state index contributed by atoms with van der Waals surface area (Å²) in [5, 5.41) is 12.1. The zero-order valence-electron chi connectivity index (χ0n) is 18.7. The molecule has 0 aliphatic heterocycles. The lowest BCUT2D eigenvalue weighted by Gasteiger charge is -2.09. The zero-order valence-corrected chi connectivity index (χ0v) is 18.7. The molecule has 6 heteroatoms. The van der Waals surface area contributed by atoms with Gasteiger partial charge in [0.15, 0.2) is 0 Å². The minimum absolute atomic E-state index is 0.0455. The minimum Gasteiger partial charge on any atom is -0.489 e. The zero-order chi connectivity index (χ0) is 23.8. The van der Waals surface area contributed by atoms with Crippen molar-refractivity contribution in [3.8, 4) is 11.8 Å². The Labute approximate surface area is 193 Å². The molecule has 0 radical (unpaired) electrons. The summed E-state index contributed by atoms with van der Waals surface area (Å²) in [5.74, 6) is -0.315. The van der Waals surface area contributed by atoms with Crippen LogP contribution >= 0.6 is 0 Å². The van der Waals surface area contributed by atoms with E-state index in [1.807, 2.05) is 12.1 Å². The molecule has 0 aliphatic rings. The maximum absolute atomic E-state index is 12.5. The third-order valence-corrected chi connectivity index (χ3v) is 5.10. The van der Waals surface area contributed by atoms with Gasteiger partial charge in [-0.1, -0.05) is 30.3 Å². The van der Waals surface area contributed by atoms with E-state index < -0.39 is 11.9 Å². The molecule has 3 aromatic rings. The van der Waals surface area contributed by atoms with Crippen LogP contribution in [-0.2, 0) is 16.1 Å². The molecule has 0 saturated carbocycles. The van der Waals surface area contributed by atoms with E-state index in [0.29, 0.717) is 29.2 Å². The van der Waals surface area contributed by atoms with Gasteiger partial charge >= 0.3 is 5.97 Å². The smallest absolute Gasteiger partial charge is 0.337 e. The molecule has 0 fully saturated rings. The van der Waals surface area contributed by atoms with Crippen molar-refractivity contribution >= 4 is 23.6 Å². The maximum atomic E-state index is 12.5. The number of carbonyl (C=O) groups excluding carboxylic acids is 2. The first-order chi connectivity index (χ1) is 15.9. The number of hydrogen-bond acceptors (Lipinski definition) is 5. The van der Waals surface area contributed by atoms with Crippen molar-refractivity contribution in [2.45, 2.75) is 20.5 Å². The molecule has 166 valence electrons. The molecule has 0 heterocycles. The van der Waals surface area contributed by atoms with Gasteiger partial charge in [0.1, 0.15) is 24.0 Å². The number of amides is 1. The Bertz CT molecular complexity index is 1220. The Kier molecular flexibility index (Phi) is 7.61. The molecule has 0 aliphatic carbocycles. The van der Waals surface area contributed by atoms with Crippen molar-refractivity contribution in [2.24, 2.45) is 0 Å². The fourth-order valence-corrected chi connectivity index (χ4v) is 3.04. The van der Waals surface area contributed by atoms with Gasteiger partial charge in [-0.25, -0.2) is 4.79 Å². The van der Waals surface area contributed by atoms with Gasteiger partial charge in [0, 0.05) is 5.69 Å². The summed E-state index contributed by atoms with van der Waals surface area (Å²) in [6.45, 7) is 4.60. The van der Waals surface area contributed by atoms with E-state index in [1.54, 1.807) is 36.4 Å². The second-order valence-electron chi connectivity index (χ2n) is 7.47. The number of aryl methyl sites for hydroxylation is 2. The van der Waals surface area contributed by atoms with E-state index in [0.717, 1.165) is 5.56 Å². The second-order valence-corrected chi connectivity index (χ2v) is 7.47. The van der Waals surface area contributed by atoms with Crippen molar-refractivity contribution in [2.75, 3.05) is 12.4 Å². The average Bonchev–Trinajstić information content (AvgIpc) is 2.84. The Morgan fingerprint density at radius 3 is 2.27 bits per heavy atom. The average molecular weight is 440 g/mol. The van der Waals surface area contributed by atoms with Crippen LogP contribution in [0.3, 0.4) is 0 Å². The molecule has 3 rings (SSSR count). The molecule has 0 atom stereocenters. The first-order valence-electron chi connectivity index (χ1n) is 10.3. The molecule has 1 N–H and O–H groups in total. The normalized spacial score (nSPS) is 10.8. The van der Waals surface area contributed by atoms with Crippen molar-refractivity contribution < 1.29 is 19.1 Å². The molecule has 0 bridgehead atoms. The Balaban J connectivity index is 1.63. The van der Waals surface area contributed by atoms with Crippen LogP contribution in [0.4, 0.5) is 5.69 Å². The van der Waals surface area contributed by atoms with Gasteiger partial charge < -0.3 is 14.8 Å². The molecule has 0 spiro atoms. The first-order valence-corrected chi connectivity index (χ1v) is 10.3. The Morgan fingerprint density at radius 2 is 1.67 bits per heavy atom. The van der Waals surface area contributed by atoms with Gasteiger partial charge in [-0.05, 0) is 78.6 Å². The molecule has 1 amide bonds. The fraction of sp³-hybridized carbons (Fsp3) is 0.148. The monoisotopic (exact) mass is 440 g/mol. The summed E-state index contributed by atoms with van der Waals surface area (Å²) in [4.78, 5) is 24.0. The lowest BCUT2D eigenvalue weighted by molar-refractivity contribution is -0.112. The van der Waals surface area contributed by atoms with Gasteiger partial charge in [0.25, 0.3) is 5.91 Å². The molecule has 33 heavy (non-hydrogen) atoms. The summed E-state index contributed by atoms with van der Waals surface area (Å²) in [6.07, 6.45) is 1.51. The summed E-state index contributed by atoms with van der Waals surface area (Å²) in [7, 11) is 1.30. The van der Waals surface area contributed by atoms with Gasteiger partial charge in [-0.2, -0.15) is 5.26 Å². The topological polar surface area (TPSA) is 88.4 Å². The number of methoxy groups -OCH3 is 1. The van der Waals surface area contributed by atoms with Gasteiger partial charge in [-0.15, -0.1) is 0 Å². The lowest BCUT2D eigenvalue weighted by atomic mass is 10.1. The van der Waals surface area contributed by atoms with Crippen molar-refractivity contribution in [1.29, 1.82) is 5.26 Å². The van der Waals surface area contributed by atoms with Crippen molar-refractivity contribution in [3.63, 3.8) is 0 Å². The molecule has 0 unspecified atom stereocenters. The molecular formula is C27H24N2O4. The molecule has 0 saturated heterocycles. The number of carbonyl (C=O) groups is 2. The molecule has 0 aromatic heterocycles. The van der Waals surface area contributed by atoms with E-state index in [4.69, 9.17) is 4.74 Å². The third kappa shape index (κ3) is 6.31. The van der Waals surface area contributed by atoms with E-state index in [2.05, 4.69) is 36.0 Å². The van der Waals surface area contributed by atoms with Gasteiger partial charge in [0.05, 0.1) is 12.7 Å². The number of nitrogens with one attached hydrogen (secondary N) is 1. The molecule has 6 nitrogen and oxygen atoms in total. The number of nitrogens with zero attached hydrogens (tertiary/aromatic N) is 1. The van der Waals surface area contributed by atoms with E-state index >= 15 is 0 Å². The van der Waals surface area contributed by atoms with Crippen LogP contribution in [0, 0.1) is 25.2 Å². The quantitative estimate of drug-likeness (QED) is 0.309. The van der Waals surface area contributed by atoms with Crippen molar-refractivity contribution in [1.82, 2.24) is 0 Å². The number of ether oxygens (including phenoxy) is 2. The van der Waals surface area contributed by atoms with Crippen molar-refractivity contribution in [3.05, 3.63) is 100 Å². The highest BCUT2D eigenvalue weighted by Gasteiger charge is 2.11. The molecule has 3 aromatic carbocycles. The van der Waals surface area contributed by atoms with E-state index in [9.17, 15) is 14.9 Å². The van der Waals surface area contributed by atoms with Crippen LogP contribution in [0.5, 0.6) is 5.75 Å². The summed E-state index contributed by atoms with van der Waals surface area (Å²) < 4.78 is 10.5. The van der Waals surface area contributed by atoms with Crippen LogP contribution in [0.15, 0.2) is 72.3 Å². The van der Waals surface area contributed by atoms with Gasteiger partial charge in [-0.3, -0.25) is 4.79 Å². The lowest BCUT2D eigenvalue weighted by Crippen LogP contribution is -2.13. The number of esters is 1. The number of rotatable bonds is 7. The summed E-state index contributed by atoms with van der Waals surface area (Å²) in [5.41, 5.74) is 5.03. The number of hydrogen-bond donors (Lipinski definition) is 1. The van der Waals surface area contributed by atoms with Gasteiger partial charge in [0.2, 0.25) is 0 Å². The number of anilines is 1. The standard InChI is InChI=1S/C27H24N2O4/c1-18-4-5-21(14-19(18)2)17-33-25-12-6-20(7-13-25)15-23(16-28)26(30)29-24-10-8-22(9-11-24)27(31)32-3/h4-15H,17H2,1-3H3,(H,29,30)/b23-15+. The highest BCUT2D eigenvalue weighted by atomic mass is 16.5. The summed E-state index contributed by atoms with van der Waals surface area (Å²) >= 11 is 0. The highest BCUT2D eigenvalue weighted by molar-refractivity contribution is 6.09. The predicted molar refractivity (Wildman–Crippen MR) is 127 cm³/mol. The van der Waals surface area contributed by atoms with Crippen LogP contribution < -0.4 is 10.1 Å². The Morgan fingerprint density at radius 1 is 0.970 bits per heavy atom. The number of benzene rings is 3. The fourth-order valence-electron chi connectivity index (χ4n) is 3.04. The highest BCUT2D eigenvalue weighted by Crippen LogP contribution is 2.18. The largest absolute Gasteiger partial charge is 0.489 e. The second kappa shape index (κ2) is 10.8. The Hall–Kier alpha value is -4.37. The first kappa shape index (κ1) is 23.3. The molecular weight excluding hydrogens is 416 g/mol. The van der Waals surface area contributed by atoms with Crippen LogP contribution in [-0.4, -0.2) is 19.0 Å². The van der Waals surface area contributed by atoms with Crippen LogP contribution in [0.1, 0.15) is 32.6 Å².